The molecule has 40 heavy (non-hydrogen) atoms. The molecule has 0 aliphatic carbocycles. The van der Waals surface area contributed by atoms with E-state index < -0.39 is 80.9 Å². The molecule has 1 aromatic carbocycles. The number of hydrogen-bond donors (Lipinski definition) is 1. The predicted octanol–water partition coefficient (Wildman–Crippen LogP) is 6.96. The largest absolute Gasteiger partial charge is 0.471 e. The lowest BCUT2D eigenvalue weighted by Crippen LogP contribution is -2.76. The maximum Gasteiger partial charge on any atom is 0.471 e. The molecule has 0 saturated heterocycles. The number of alkyl halides is 19. The summed E-state index contributed by atoms with van der Waals surface area (Å²) < 4.78 is 288. The van der Waals surface area contributed by atoms with Crippen LogP contribution in [-0.4, -0.2) is 73.1 Å². The normalized spacial score (nSPS) is 15.8. The Balaban J connectivity index is 3.65. The summed E-state index contributed by atoms with van der Waals surface area (Å²) in [7, 11) is -5.15. The fourth-order valence-electron chi connectivity index (χ4n) is 2.37. The molecular weight excluding hydrogens is 649 g/mol. The number of benzene rings is 1. The molecule has 0 saturated carbocycles. The molecular formula is C16H7F19O4S. The molecule has 0 unspecified atom stereocenters. The second-order valence-corrected chi connectivity index (χ2v) is 8.85. The zero-order valence-electron chi connectivity index (χ0n) is 17.8. The Morgan fingerprint density at radius 1 is 0.550 bits per heavy atom. The van der Waals surface area contributed by atoms with Crippen molar-refractivity contribution in [3.63, 3.8) is 0 Å². The molecule has 0 radical (unpaired) electrons. The van der Waals surface area contributed by atoms with Crippen LogP contribution in [0, 0.1) is 0 Å². The molecule has 0 aliphatic heterocycles. The number of rotatable bonds is 12. The molecule has 0 aromatic heterocycles. The molecule has 234 valence electrons. The zero-order chi connectivity index (χ0) is 32.4. The minimum Gasteiger partial charge on any atom is -0.428 e. The molecule has 0 bridgehead atoms. The van der Waals surface area contributed by atoms with Gasteiger partial charge in [-0.15, -0.1) is 0 Å². The molecule has 1 N–H and O–H groups in total. The van der Waals surface area contributed by atoms with Crippen LogP contribution in [0.5, 0.6) is 5.75 Å². The highest BCUT2D eigenvalue weighted by Gasteiger charge is 2.96. The molecule has 0 atom stereocenters. The minimum absolute atomic E-state index is 0.00972. The Labute approximate surface area is 207 Å². The minimum atomic E-state index is -9.01. The van der Waals surface area contributed by atoms with Crippen molar-refractivity contribution in [2.75, 3.05) is 6.67 Å². The van der Waals surface area contributed by atoms with Crippen molar-refractivity contribution in [1.82, 2.24) is 0 Å². The summed E-state index contributed by atoms with van der Waals surface area (Å²) >= 11 is 0. The predicted molar refractivity (Wildman–Crippen MR) is 87.4 cm³/mol. The molecule has 0 aliphatic rings. The van der Waals surface area contributed by atoms with Crippen molar-refractivity contribution in [3.8, 4) is 5.75 Å². The van der Waals surface area contributed by atoms with Crippen LogP contribution in [0.25, 0.3) is 0 Å². The van der Waals surface area contributed by atoms with Gasteiger partial charge in [0.25, 0.3) is 10.1 Å². The van der Waals surface area contributed by atoms with Crippen LogP contribution < -0.4 is 4.74 Å². The summed E-state index contributed by atoms with van der Waals surface area (Å²) in [5.74, 6) is -69.5. The Hall–Kier alpha value is -2.40. The summed E-state index contributed by atoms with van der Waals surface area (Å²) in [5, 5.41) is 0. The number of ether oxygens (including phenoxy) is 1. The molecule has 0 amide bonds. The van der Waals surface area contributed by atoms with E-state index in [4.69, 9.17) is 4.55 Å². The lowest BCUT2D eigenvalue weighted by molar-refractivity contribution is -0.472. The standard InChI is InChI=1S/C16H7F19O4S/c17-5-8(18,19)9(20,21)10(22,23)11(24,25)12(26,27)13(28,29)14(30,31)15(32,33)16(34,35)39-6-1-3-7(4-2-6)40(36,37)38/h1-4H,5H2,(H,36,37,38). The SMILES string of the molecule is O=S(=O)(O)c1ccc(OC(F)(F)C(F)(F)C(F)(F)C(F)(F)C(F)(F)C(F)(F)C(F)(F)C(F)(F)C(F)(F)CF)cc1. The molecule has 0 spiro atoms. The summed E-state index contributed by atoms with van der Waals surface area (Å²) in [4.78, 5) is -1.23. The van der Waals surface area contributed by atoms with E-state index in [0.717, 1.165) is 0 Å². The summed E-state index contributed by atoms with van der Waals surface area (Å²) in [6, 6.07) is -0.342. The highest BCUT2D eigenvalue weighted by Crippen LogP contribution is 2.65. The maximum atomic E-state index is 13.8. The van der Waals surface area contributed by atoms with Crippen LogP contribution in [0.15, 0.2) is 29.2 Å². The summed E-state index contributed by atoms with van der Waals surface area (Å²) in [5.41, 5.74) is 0. The average Bonchev–Trinajstić information content (AvgIpc) is 2.77. The van der Waals surface area contributed by atoms with Gasteiger partial charge in [-0.25, -0.2) is 4.39 Å². The Kier molecular flexibility index (Phi) is 8.53. The van der Waals surface area contributed by atoms with Crippen molar-refractivity contribution < 1.29 is 101 Å². The van der Waals surface area contributed by atoms with Gasteiger partial charge in [0.1, 0.15) is 5.75 Å². The van der Waals surface area contributed by atoms with E-state index in [9.17, 15) is 91.8 Å². The van der Waals surface area contributed by atoms with Gasteiger partial charge in [0.15, 0.2) is 6.67 Å². The quantitative estimate of drug-likeness (QED) is 0.195. The van der Waals surface area contributed by atoms with Gasteiger partial charge >= 0.3 is 53.5 Å². The van der Waals surface area contributed by atoms with E-state index in [-0.39, 0.29) is 24.3 Å². The fourth-order valence-corrected chi connectivity index (χ4v) is 2.85. The monoisotopic (exact) mass is 656 g/mol. The van der Waals surface area contributed by atoms with Crippen molar-refractivity contribution in [1.29, 1.82) is 0 Å². The van der Waals surface area contributed by atoms with Crippen molar-refractivity contribution >= 4 is 10.1 Å². The highest BCUT2D eigenvalue weighted by molar-refractivity contribution is 7.85. The maximum absolute atomic E-state index is 13.8. The fraction of sp³-hybridized carbons (Fsp3) is 0.625. The highest BCUT2D eigenvalue weighted by atomic mass is 32.2. The molecule has 0 heterocycles. The first-order valence-electron chi connectivity index (χ1n) is 8.97. The van der Waals surface area contributed by atoms with Crippen LogP contribution in [0.3, 0.4) is 0 Å². The Bertz CT molecular complexity index is 1180. The van der Waals surface area contributed by atoms with E-state index in [0.29, 0.717) is 0 Å². The molecule has 1 rings (SSSR count). The third-order valence-electron chi connectivity index (χ3n) is 4.73. The van der Waals surface area contributed by atoms with E-state index in [2.05, 4.69) is 4.74 Å². The molecule has 24 heteroatoms. The van der Waals surface area contributed by atoms with E-state index in [1.165, 1.54) is 0 Å². The van der Waals surface area contributed by atoms with Crippen LogP contribution >= 0.6 is 0 Å². The van der Waals surface area contributed by atoms with Gasteiger partial charge in [0.05, 0.1) is 4.90 Å². The summed E-state index contributed by atoms with van der Waals surface area (Å²) in [6.07, 6.45) is -7.25. The topological polar surface area (TPSA) is 63.6 Å². The lowest BCUT2D eigenvalue weighted by atomic mass is 9.87. The van der Waals surface area contributed by atoms with Crippen LogP contribution in [-0.2, 0) is 10.1 Å². The molecule has 4 nitrogen and oxygen atoms in total. The van der Waals surface area contributed by atoms with Gasteiger partial charge in [-0.05, 0) is 24.3 Å². The smallest absolute Gasteiger partial charge is 0.428 e. The third kappa shape index (κ3) is 4.86. The molecule has 0 fully saturated rings. The van der Waals surface area contributed by atoms with E-state index >= 15 is 0 Å². The van der Waals surface area contributed by atoms with Crippen LogP contribution in [0.4, 0.5) is 83.4 Å². The first-order chi connectivity index (χ1) is 17.2. The van der Waals surface area contributed by atoms with Gasteiger partial charge in [0, 0.05) is 0 Å². The van der Waals surface area contributed by atoms with E-state index in [1.807, 2.05) is 0 Å². The Morgan fingerprint density at radius 2 is 0.850 bits per heavy atom. The van der Waals surface area contributed by atoms with Gasteiger partial charge in [0.2, 0.25) is 0 Å². The second-order valence-electron chi connectivity index (χ2n) is 7.42. The molecule has 1 aromatic rings. The zero-order valence-corrected chi connectivity index (χ0v) is 18.6. The van der Waals surface area contributed by atoms with Crippen LogP contribution in [0.2, 0.25) is 0 Å². The van der Waals surface area contributed by atoms with Crippen molar-refractivity contribution in [2.45, 2.75) is 58.4 Å². The van der Waals surface area contributed by atoms with Gasteiger partial charge in [-0.1, -0.05) is 0 Å². The first kappa shape index (κ1) is 35.6. The van der Waals surface area contributed by atoms with Crippen molar-refractivity contribution in [2.24, 2.45) is 0 Å². The van der Waals surface area contributed by atoms with Crippen LogP contribution in [0.1, 0.15) is 0 Å². The second kappa shape index (κ2) is 9.58. The van der Waals surface area contributed by atoms with E-state index in [1.54, 1.807) is 0 Å². The Morgan fingerprint density at radius 3 is 1.15 bits per heavy atom. The van der Waals surface area contributed by atoms with Crippen molar-refractivity contribution in [3.05, 3.63) is 24.3 Å². The lowest BCUT2D eigenvalue weighted by Gasteiger charge is -2.44. The average molecular weight is 656 g/mol. The van der Waals surface area contributed by atoms with Gasteiger partial charge < -0.3 is 4.74 Å². The van der Waals surface area contributed by atoms with Gasteiger partial charge in [-0.3, -0.25) is 4.55 Å². The number of hydrogen-bond acceptors (Lipinski definition) is 3. The number of halogens is 19. The summed E-state index contributed by atoms with van der Waals surface area (Å²) in [6.45, 7) is -4.07. The first-order valence-corrected chi connectivity index (χ1v) is 10.4. The third-order valence-corrected chi connectivity index (χ3v) is 5.59. The van der Waals surface area contributed by atoms with Gasteiger partial charge in [-0.2, -0.15) is 87.4 Å².